The summed E-state index contributed by atoms with van der Waals surface area (Å²) in [5.41, 5.74) is 3.03. The fourth-order valence-electron chi connectivity index (χ4n) is 4.05. The van der Waals surface area contributed by atoms with Gasteiger partial charge in [-0.25, -0.2) is 0 Å². The second kappa shape index (κ2) is 7.96. The maximum absolute atomic E-state index is 12.9. The molecule has 1 aliphatic heterocycles. The van der Waals surface area contributed by atoms with Crippen LogP contribution in [0, 0.1) is 13.8 Å². The highest BCUT2D eigenvalue weighted by molar-refractivity contribution is 5.76. The molecule has 3 aromatic rings. The molecule has 3 heterocycles. The van der Waals surface area contributed by atoms with Crippen molar-refractivity contribution in [2.45, 2.75) is 52.1 Å². The Morgan fingerprint density at radius 2 is 2.04 bits per heavy atom. The molecule has 1 unspecified atom stereocenters. The first kappa shape index (κ1) is 18.4. The van der Waals surface area contributed by atoms with Crippen LogP contribution in [0.3, 0.4) is 0 Å². The Morgan fingerprint density at radius 3 is 2.79 bits per heavy atom. The minimum Gasteiger partial charge on any atom is -0.338 e. The Balaban J connectivity index is 1.41. The molecule has 0 radical (unpaired) electrons. The van der Waals surface area contributed by atoms with Crippen LogP contribution < -0.4 is 0 Å². The van der Waals surface area contributed by atoms with Gasteiger partial charge < -0.3 is 4.90 Å². The quantitative estimate of drug-likeness (QED) is 0.661. The molecule has 1 atom stereocenters. The van der Waals surface area contributed by atoms with Crippen LogP contribution in [0.4, 0.5) is 0 Å². The maximum Gasteiger partial charge on any atom is 0.244 e. The lowest BCUT2D eigenvalue weighted by Gasteiger charge is -2.25. The van der Waals surface area contributed by atoms with E-state index in [9.17, 15) is 4.79 Å². The van der Waals surface area contributed by atoms with E-state index in [4.69, 9.17) is 0 Å². The summed E-state index contributed by atoms with van der Waals surface area (Å²) >= 11 is 0. The van der Waals surface area contributed by atoms with E-state index in [1.165, 1.54) is 0 Å². The number of aromatic nitrogens is 5. The van der Waals surface area contributed by atoms with Crippen molar-refractivity contribution in [2.24, 2.45) is 0 Å². The lowest BCUT2D eigenvalue weighted by Crippen LogP contribution is -2.38. The van der Waals surface area contributed by atoms with E-state index in [-0.39, 0.29) is 11.9 Å². The van der Waals surface area contributed by atoms with Gasteiger partial charge in [0.15, 0.2) is 0 Å². The number of para-hydroxylation sites is 1. The molecule has 1 saturated heterocycles. The Labute approximate surface area is 165 Å². The zero-order valence-corrected chi connectivity index (χ0v) is 16.5. The smallest absolute Gasteiger partial charge is 0.244 e. The number of nitrogens with zero attached hydrogens (tertiary/aromatic N) is 6. The number of likely N-dealkylation sites (tertiary alicyclic amines) is 1. The van der Waals surface area contributed by atoms with E-state index in [0.29, 0.717) is 6.54 Å². The van der Waals surface area contributed by atoms with Crippen LogP contribution in [0.1, 0.15) is 36.5 Å². The predicted octanol–water partition coefficient (Wildman–Crippen LogP) is 2.70. The topological polar surface area (TPSA) is 68.8 Å². The third-order valence-corrected chi connectivity index (χ3v) is 5.44. The highest BCUT2D eigenvalue weighted by Gasteiger charge is 2.29. The van der Waals surface area contributed by atoms with E-state index in [1.807, 2.05) is 59.7 Å². The first-order valence-electron chi connectivity index (χ1n) is 9.86. The second-order valence-corrected chi connectivity index (χ2v) is 7.46. The van der Waals surface area contributed by atoms with Crippen LogP contribution in [-0.2, 0) is 17.8 Å². The average Bonchev–Trinajstić information content (AvgIpc) is 3.41. The molecule has 0 N–H and O–H groups in total. The highest BCUT2D eigenvalue weighted by atomic mass is 16.2. The highest BCUT2D eigenvalue weighted by Crippen LogP contribution is 2.23. The largest absolute Gasteiger partial charge is 0.338 e. The molecule has 1 aromatic carbocycles. The lowest BCUT2D eigenvalue weighted by atomic mass is 10.1. The summed E-state index contributed by atoms with van der Waals surface area (Å²) in [7, 11) is 0. The van der Waals surface area contributed by atoms with E-state index in [0.717, 1.165) is 55.1 Å². The molecule has 28 heavy (non-hydrogen) atoms. The van der Waals surface area contributed by atoms with E-state index in [1.54, 1.807) is 11.0 Å². The summed E-state index contributed by atoms with van der Waals surface area (Å²) in [5, 5.41) is 12.8. The van der Waals surface area contributed by atoms with Crippen molar-refractivity contribution in [3.05, 3.63) is 59.9 Å². The van der Waals surface area contributed by atoms with Crippen molar-refractivity contribution in [2.75, 3.05) is 6.54 Å². The van der Waals surface area contributed by atoms with Gasteiger partial charge in [-0.3, -0.25) is 14.0 Å². The molecule has 1 aliphatic rings. The molecule has 7 nitrogen and oxygen atoms in total. The van der Waals surface area contributed by atoms with Gasteiger partial charge in [0.05, 0.1) is 5.69 Å². The molecule has 0 bridgehead atoms. The normalized spacial score (nSPS) is 16.6. The third kappa shape index (κ3) is 3.83. The van der Waals surface area contributed by atoms with Crippen molar-refractivity contribution in [3.8, 4) is 5.69 Å². The molecule has 0 spiro atoms. The SMILES string of the molecule is Cc1cc(C)n(CC(=O)N2CCCC2CCc2nncn2-c2ccccc2)n1. The average molecular weight is 378 g/mol. The standard InChI is InChI=1S/C21H26N6O/c1-16-13-17(2)27(24-16)14-21(28)25-12-6-9-19(25)10-11-20-23-22-15-26(20)18-7-4-3-5-8-18/h3-5,7-8,13,15,19H,6,9-12,14H2,1-2H3. The minimum atomic E-state index is 0.151. The van der Waals surface area contributed by atoms with Crippen LogP contribution in [0.2, 0.25) is 0 Å². The first-order valence-corrected chi connectivity index (χ1v) is 9.86. The number of rotatable bonds is 6. The summed E-state index contributed by atoms with van der Waals surface area (Å²) < 4.78 is 3.83. The van der Waals surface area contributed by atoms with Crippen molar-refractivity contribution >= 4 is 5.91 Å². The zero-order valence-electron chi connectivity index (χ0n) is 16.5. The number of amides is 1. The van der Waals surface area contributed by atoms with Crippen molar-refractivity contribution < 1.29 is 4.79 Å². The number of benzene rings is 1. The van der Waals surface area contributed by atoms with E-state index >= 15 is 0 Å². The number of carbonyl (C=O) groups is 1. The van der Waals surface area contributed by atoms with Gasteiger partial charge in [0.2, 0.25) is 5.91 Å². The van der Waals surface area contributed by atoms with Crippen LogP contribution in [0.5, 0.6) is 0 Å². The Hall–Kier alpha value is -2.96. The number of aryl methyl sites for hydroxylation is 3. The molecule has 0 aliphatic carbocycles. The third-order valence-electron chi connectivity index (χ3n) is 5.44. The lowest BCUT2D eigenvalue weighted by molar-refractivity contribution is -0.133. The van der Waals surface area contributed by atoms with Crippen LogP contribution in [-0.4, -0.2) is 47.9 Å². The molecule has 146 valence electrons. The molecular formula is C21H26N6O. The van der Waals surface area contributed by atoms with Gasteiger partial charge in [-0.2, -0.15) is 5.10 Å². The molecule has 2 aromatic heterocycles. The fraction of sp³-hybridized carbons (Fsp3) is 0.429. The van der Waals surface area contributed by atoms with Gasteiger partial charge >= 0.3 is 0 Å². The van der Waals surface area contributed by atoms with Crippen LogP contribution in [0.15, 0.2) is 42.7 Å². The van der Waals surface area contributed by atoms with Gasteiger partial charge in [0.25, 0.3) is 0 Å². The van der Waals surface area contributed by atoms with Crippen molar-refractivity contribution in [1.29, 1.82) is 0 Å². The summed E-state index contributed by atoms with van der Waals surface area (Å²) in [6.45, 7) is 5.09. The molecule has 1 fully saturated rings. The fourth-order valence-corrected chi connectivity index (χ4v) is 4.05. The van der Waals surface area contributed by atoms with Crippen molar-refractivity contribution in [1.82, 2.24) is 29.4 Å². The number of hydrogen-bond donors (Lipinski definition) is 0. The summed E-state index contributed by atoms with van der Waals surface area (Å²) in [6.07, 6.45) is 5.55. The maximum atomic E-state index is 12.9. The first-order chi connectivity index (χ1) is 13.6. The summed E-state index contributed by atoms with van der Waals surface area (Å²) in [4.78, 5) is 14.9. The minimum absolute atomic E-state index is 0.151. The monoisotopic (exact) mass is 378 g/mol. The predicted molar refractivity (Wildman–Crippen MR) is 106 cm³/mol. The Morgan fingerprint density at radius 1 is 1.21 bits per heavy atom. The Bertz CT molecular complexity index is 945. The van der Waals surface area contributed by atoms with Crippen LogP contribution in [0.25, 0.3) is 5.69 Å². The molecule has 4 rings (SSSR count). The van der Waals surface area contributed by atoms with Crippen molar-refractivity contribution in [3.63, 3.8) is 0 Å². The van der Waals surface area contributed by atoms with Gasteiger partial charge in [0.1, 0.15) is 18.7 Å². The summed E-state index contributed by atoms with van der Waals surface area (Å²) in [5.74, 6) is 1.09. The summed E-state index contributed by atoms with van der Waals surface area (Å²) in [6, 6.07) is 12.4. The van der Waals surface area contributed by atoms with Gasteiger partial charge in [0, 0.05) is 30.4 Å². The molecule has 7 heteroatoms. The number of hydrogen-bond acceptors (Lipinski definition) is 4. The van der Waals surface area contributed by atoms with Gasteiger partial charge in [-0.15, -0.1) is 10.2 Å². The molecule has 0 saturated carbocycles. The zero-order chi connectivity index (χ0) is 19.5. The van der Waals surface area contributed by atoms with E-state index in [2.05, 4.69) is 15.3 Å². The van der Waals surface area contributed by atoms with Gasteiger partial charge in [-0.05, 0) is 51.3 Å². The molecule has 1 amide bonds. The molecular weight excluding hydrogens is 352 g/mol. The van der Waals surface area contributed by atoms with Gasteiger partial charge in [-0.1, -0.05) is 18.2 Å². The second-order valence-electron chi connectivity index (χ2n) is 7.46. The Kier molecular flexibility index (Phi) is 5.23. The van der Waals surface area contributed by atoms with Crippen LogP contribution >= 0.6 is 0 Å². The number of carbonyl (C=O) groups excluding carboxylic acids is 1. The van der Waals surface area contributed by atoms with E-state index < -0.39 is 0 Å².